The molecule has 0 atom stereocenters. The summed E-state index contributed by atoms with van der Waals surface area (Å²) in [6.45, 7) is 2.79. The maximum absolute atomic E-state index is 4.52. The molecule has 2 bridgehead atoms. The Morgan fingerprint density at radius 3 is 1.68 bits per heavy atom. The highest BCUT2D eigenvalue weighted by atomic mass is 15.4. The summed E-state index contributed by atoms with van der Waals surface area (Å²) < 4.78 is 0. The van der Waals surface area contributed by atoms with Crippen molar-refractivity contribution in [1.82, 2.24) is 9.97 Å². The van der Waals surface area contributed by atoms with Crippen LogP contribution in [0.2, 0.25) is 0 Å². The minimum absolute atomic E-state index is 0.924. The largest absolute Gasteiger partial charge is 0.349 e. The molecule has 4 heteroatoms. The van der Waals surface area contributed by atoms with Crippen LogP contribution in [0.1, 0.15) is 11.1 Å². The van der Waals surface area contributed by atoms with Crippen LogP contribution in [0.5, 0.6) is 0 Å². The molecule has 4 nitrogen and oxygen atoms in total. The van der Waals surface area contributed by atoms with Crippen molar-refractivity contribution < 1.29 is 0 Å². The van der Waals surface area contributed by atoms with Gasteiger partial charge in [0.25, 0.3) is 0 Å². The average Bonchev–Trinajstić information content (AvgIpc) is 2.68. The van der Waals surface area contributed by atoms with E-state index < -0.39 is 0 Å². The first-order valence-electron chi connectivity index (χ1n) is 8.61. The van der Waals surface area contributed by atoms with Crippen molar-refractivity contribution in [2.75, 3.05) is 16.5 Å². The van der Waals surface area contributed by atoms with Crippen LogP contribution >= 0.6 is 0 Å². The molecule has 25 heavy (non-hydrogen) atoms. The van der Waals surface area contributed by atoms with Crippen molar-refractivity contribution in [3.05, 3.63) is 72.1 Å². The van der Waals surface area contributed by atoms with E-state index in [0.717, 1.165) is 30.8 Å². The van der Waals surface area contributed by atoms with Crippen LogP contribution in [0, 0.1) is 0 Å². The lowest BCUT2D eigenvalue weighted by molar-refractivity contribution is 0.656. The van der Waals surface area contributed by atoms with Crippen LogP contribution in [0.25, 0.3) is 21.8 Å². The van der Waals surface area contributed by atoms with E-state index in [1.165, 1.54) is 33.3 Å². The maximum atomic E-state index is 4.52. The van der Waals surface area contributed by atoms with E-state index in [9.17, 15) is 0 Å². The summed E-state index contributed by atoms with van der Waals surface area (Å²) in [6, 6.07) is 17.2. The van der Waals surface area contributed by atoms with E-state index in [-0.39, 0.29) is 0 Å². The van der Waals surface area contributed by atoms with Crippen molar-refractivity contribution in [2.45, 2.75) is 13.1 Å². The van der Waals surface area contributed by atoms with E-state index >= 15 is 0 Å². The summed E-state index contributed by atoms with van der Waals surface area (Å²) in [5.74, 6) is 0. The number of fused-ring (bicyclic) bond motifs is 10. The Balaban J connectivity index is 1.59. The van der Waals surface area contributed by atoms with Gasteiger partial charge in [-0.05, 0) is 36.4 Å². The molecule has 0 spiro atoms. The van der Waals surface area contributed by atoms with Crippen molar-refractivity contribution in [3.8, 4) is 0 Å². The average molecular weight is 324 g/mol. The third-order valence-electron chi connectivity index (χ3n) is 5.46. The van der Waals surface area contributed by atoms with Crippen LogP contribution in [0.4, 0.5) is 11.4 Å². The molecule has 0 amide bonds. The monoisotopic (exact) mass is 324 g/mol. The summed E-state index contributed by atoms with van der Waals surface area (Å²) in [6.07, 6.45) is 3.74. The molecule has 0 saturated heterocycles. The molecular formula is C21H16N4. The van der Waals surface area contributed by atoms with E-state index in [1.54, 1.807) is 0 Å². The zero-order valence-corrected chi connectivity index (χ0v) is 13.7. The Morgan fingerprint density at radius 1 is 0.640 bits per heavy atom. The predicted octanol–water partition coefficient (Wildman–Crippen LogP) is 4.08. The molecule has 4 heterocycles. The first-order chi connectivity index (χ1) is 12.4. The van der Waals surface area contributed by atoms with Gasteiger partial charge in [-0.3, -0.25) is 9.97 Å². The lowest BCUT2D eigenvalue weighted by Gasteiger charge is -2.45. The summed E-state index contributed by atoms with van der Waals surface area (Å²) >= 11 is 0. The number of anilines is 2. The Bertz CT molecular complexity index is 1060. The van der Waals surface area contributed by atoms with Crippen molar-refractivity contribution in [3.63, 3.8) is 0 Å². The molecule has 0 radical (unpaired) electrons. The number of nitrogens with zero attached hydrogens (tertiary/aromatic N) is 4. The topological polar surface area (TPSA) is 32.3 Å². The van der Waals surface area contributed by atoms with Crippen LogP contribution in [-0.4, -0.2) is 16.6 Å². The van der Waals surface area contributed by atoms with Gasteiger partial charge < -0.3 is 9.80 Å². The van der Waals surface area contributed by atoms with E-state index in [2.05, 4.69) is 56.2 Å². The first kappa shape index (κ1) is 13.2. The second-order valence-electron chi connectivity index (χ2n) is 6.80. The summed E-state index contributed by atoms with van der Waals surface area (Å²) in [5, 5.41) is 2.53. The number of aromatic nitrogens is 2. The van der Waals surface area contributed by atoms with Gasteiger partial charge in [-0.2, -0.15) is 0 Å². The fourth-order valence-electron chi connectivity index (χ4n) is 4.34. The molecule has 6 rings (SSSR count). The normalized spacial score (nSPS) is 15.4. The van der Waals surface area contributed by atoms with Gasteiger partial charge in [0, 0.05) is 58.8 Å². The molecule has 2 aromatic carbocycles. The Labute approximate surface area is 145 Å². The van der Waals surface area contributed by atoms with Gasteiger partial charge in [0.05, 0.1) is 17.7 Å². The third kappa shape index (κ3) is 1.76. The van der Waals surface area contributed by atoms with Gasteiger partial charge in [0.1, 0.15) is 0 Å². The lowest BCUT2D eigenvalue weighted by atomic mass is 9.96. The number of rotatable bonds is 0. The van der Waals surface area contributed by atoms with Gasteiger partial charge in [-0.15, -0.1) is 0 Å². The number of benzene rings is 2. The maximum Gasteiger partial charge on any atom is 0.0910 e. The second kappa shape index (κ2) is 4.70. The van der Waals surface area contributed by atoms with Gasteiger partial charge in [0.2, 0.25) is 0 Å². The summed E-state index contributed by atoms with van der Waals surface area (Å²) in [7, 11) is 0. The fourth-order valence-corrected chi connectivity index (χ4v) is 4.34. The Hall–Kier alpha value is -3.14. The molecular weight excluding hydrogens is 308 g/mol. The second-order valence-corrected chi connectivity index (χ2v) is 6.80. The SMILES string of the molecule is c1cnc2ccc3c(c2c1)CN1CN3Cc2c1ccc1ncccc21. The first-order valence-corrected chi connectivity index (χ1v) is 8.61. The molecule has 0 N–H and O–H groups in total. The van der Waals surface area contributed by atoms with Crippen LogP contribution in [0.15, 0.2) is 60.9 Å². The molecule has 2 aromatic heterocycles. The number of hydrogen-bond donors (Lipinski definition) is 0. The van der Waals surface area contributed by atoms with Crippen molar-refractivity contribution in [1.29, 1.82) is 0 Å². The Kier molecular flexibility index (Phi) is 2.48. The summed E-state index contributed by atoms with van der Waals surface area (Å²) in [4.78, 5) is 14.0. The van der Waals surface area contributed by atoms with Gasteiger partial charge in [-0.25, -0.2) is 0 Å². The molecule has 0 fully saturated rings. The highest BCUT2D eigenvalue weighted by Crippen LogP contribution is 2.42. The highest BCUT2D eigenvalue weighted by Gasteiger charge is 2.31. The third-order valence-corrected chi connectivity index (χ3v) is 5.46. The molecule has 120 valence electrons. The number of pyridine rings is 2. The lowest BCUT2D eigenvalue weighted by Crippen LogP contribution is -2.46. The molecule has 0 aliphatic carbocycles. The molecule has 2 aliphatic heterocycles. The number of hydrogen-bond acceptors (Lipinski definition) is 4. The predicted molar refractivity (Wildman–Crippen MR) is 101 cm³/mol. The van der Waals surface area contributed by atoms with Gasteiger partial charge in [0.15, 0.2) is 0 Å². The van der Waals surface area contributed by atoms with Gasteiger partial charge in [-0.1, -0.05) is 12.1 Å². The van der Waals surface area contributed by atoms with Crippen LogP contribution < -0.4 is 9.80 Å². The van der Waals surface area contributed by atoms with Crippen LogP contribution in [0.3, 0.4) is 0 Å². The summed E-state index contributed by atoms with van der Waals surface area (Å²) in [5.41, 5.74) is 7.59. The van der Waals surface area contributed by atoms with E-state index in [4.69, 9.17) is 0 Å². The smallest absolute Gasteiger partial charge is 0.0910 e. The standard InChI is InChI=1S/C21H16N4/c1-3-14-16-11-24-13-25(20(16)7-5-18(14)22-9-1)12-17-15-4-2-10-23-19(15)6-8-21(17)24/h1-10H,11-13H2. The van der Waals surface area contributed by atoms with E-state index in [1.807, 2.05) is 24.5 Å². The molecule has 0 saturated carbocycles. The Morgan fingerprint density at radius 2 is 1.16 bits per heavy atom. The zero-order chi connectivity index (χ0) is 16.4. The minimum atomic E-state index is 0.924. The minimum Gasteiger partial charge on any atom is -0.349 e. The van der Waals surface area contributed by atoms with E-state index in [0.29, 0.717) is 0 Å². The zero-order valence-electron chi connectivity index (χ0n) is 13.7. The molecule has 2 aliphatic rings. The molecule has 0 unspecified atom stereocenters. The fraction of sp³-hybridized carbons (Fsp3) is 0.143. The van der Waals surface area contributed by atoms with Crippen LogP contribution in [-0.2, 0) is 13.1 Å². The quantitative estimate of drug-likeness (QED) is 0.488. The van der Waals surface area contributed by atoms with Crippen molar-refractivity contribution in [2.24, 2.45) is 0 Å². The van der Waals surface area contributed by atoms with Crippen molar-refractivity contribution >= 4 is 33.2 Å². The molecule has 4 aromatic rings. The van der Waals surface area contributed by atoms with Gasteiger partial charge >= 0.3 is 0 Å². The highest BCUT2D eigenvalue weighted by molar-refractivity contribution is 5.92.